The molecule has 0 rings (SSSR count). The SMILES string of the molecule is CO/N=C(N)/C(C#N)=N/O. The molecule has 10 heavy (non-hydrogen) atoms. The van der Waals surface area contributed by atoms with E-state index in [0.29, 0.717) is 0 Å². The van der Waals surface area contributed by atoms with E-state index in [-0.39, 0.29) is 11.5 Å². The van der Waals surface area contributed by atoms with Gasteiger partial charge in [-0.2, -0.15) is 5.26 Å². The number of nitrogens with two attached hydrogens (primary N) is 1. The molecule has 0 aromatic heterocycles. The van der Waals surface area contributed by atoms with Crippen molar-refractivity contribution >= 4 is 11.5 Å². The molecule has 0 unspecified atom stereocenters. The molecular formula is C4H6N4O2. The van der Waals surface area contributed by atoms with E-state index in [4.69, 9.17) is 16.2 Å². The van der Waals surface area contributed by atoms with E-state index in [2.05, 4.69) is 15.1 Å². The number of nitrogens with zero attached hydrogens (tertiary/aromatic N) is 3. The number of nitriles is 1. The second kappa shape index (κ2) is 4.14. The first-order valence-corrected chi connectivity index (χ1v) is 2.25. The zero-order chi connectivity index (χ0) is 7.98. The molecule has 54 valence electrons. The number of hydrogen-bond donors (Lipinski definition) is 2. The summed E-state index contributed by atoms with van der Waals surface area (Å²) < 4.78 is 0. The van der Waals surface area contributed by atoms with E-state index in [1.54, 1.807) is 0 Å². The number of rotatable bonds is 2. The van der Waals surface area contributed by atoms with Gasteiger partial charge in [0.15, 0.2) is 0 Å². The fraction of sp³-hybridized carbons (Fsp3) is 0.250. The van der Waals surface area contributed by atoms with Crippen molar-refractivity contribution in [1.82, 2.24) is 0 Å². The summed E-state index contributed by atoms with van der Waals surface area (Å²) in [4.78, 5) is 4.21. The molecule has 0 aromatic carbocycles. The molecule has 0 radical (unpaired) electrons. The molecule has 0 fully saturated rings. The van der Waals surface area contributed by atoms with Gasteiger partial charge in [-0.3, -0.25) is 0 Å². The molecule has 0 bridgehead atoms. The predicted molar refractivity (Wildman–Crippen MR) is 33.5 cm³/mol. The maximum atomic E-state index is 8.17. The Labute approximate surface area is 57.2 Å². The van der Waals surface area contributed by atoms with E-state index in [0.717, 1.165) is 0 Å². The van der Waals surface area contributed by atoms with Crippen molar-refractivity contribution in [1.29, 1.82) is 5.26 Å². The van der Waals surface area contributed by atoms with Crippen LogP contribution in [0.3, 0.4) is 0 Å². The van der Waals surface area contributed by atoms with Crippen LogP contribution in [0.4, 0.5) is 0 Å². The molecule has 0 saturated carbocycles. The van der Waals surface area contributed by atoms with E-state index < -0.39 is 0 Å². The zero-order valence-electron chi connectivity index (χ0n) is 5.27. The predicted octanol–water partition coefficient (Wildman–Crippen LogP) is -0.741. The molecule has 0 spiro atoms. The maximum Gasteiger partial charge on any atom is 0.224 e. The van der Waals surface area contributed by atoms with Crippen molar-refractivity contribution in [2.24, 2.45) is 16.0 Å². The molecule has 0 aliphatic heterocycles. The van der Waals surface area contributed by atoms with Crippen LogP contribution in [0.25, 0.3) is 0 Å². The van der Waals surface area contributed by atoms with Crippen molar-refractivity contribution in [3.8, 4) is 6.07 Å². The lowest BCUT2D eigenvalue weighted by molar-refractivity contribution is 0.213. The molecule has 0 atom stereocenters. The van der Waals surface area contributed by atoms with Gasteiger partial charge in [0.25, 0.3) is 0 Å². The fourth-order valence-corrected chi connectivity index (χ4v) is 0.272. The Morgan fingerprint density at radius 2 is 2.40 bits per heavy atom. The van der Waals surface area contributed by atoms with Crippen molar-refractivity contribution in [3.05, 3.63) is 0 Å². The molecular weight excluding hydrogens is 136 g/mol. The molecule has 0 saturated heterocycles. The molecule has 0 amide bonds. The third-order valence-corrected chi connectivity index (χ3v) is 0.638. The van der Waals surface area contributed by atoms with Gasteiger partial charge >= 0.3 is 0 Å². The highest BCUT2D eigenvalue weighted by Crippen LogP contribution is 1.76. The Hall–Kier alpha value is -1.77. The van der Waals surface area contributed by atoms with Gasteiger partial charge in [-0.15, -0.1) is 0 Å². The monoisotopic (exact) mass is 142 g/mol. The molecule has 0 aromatic rings. The molecule has 6 heteroatoms. The summed E-state index contributed by atoms with van der Waals surface area (Å²) in [7, 11) is 1.26. The lowest BCUT2D eigenvalue weighted by Gasteiger charge is -1.90. The summed E-state index contributed by atoms with van der Waals surface area (Å²) >= 11 is 0. The first-order chi connectivity index (χ1) is 4.76. The standard InChI is InChI=1S/C4H6N4O2/c1-10-8-4(6)3(2-5)7-9/h9H,1H3,(H2,6,8)/b7-3+. The first kappa shape index (κ1) is 8.23. The summed E-state index contributed by atoms with van der Waals surface area (Å²) in [5, 5.41) is 21.9. The molecule has 0 heterocycles. The van der Waals surface area contributed by atoms with Gasteiger partial charge in [0, 0.05) is 0 Å². The third kappa shape index (κ3) is 2.00. The van der Waals surface area contributed by atoms with Gasteiger partial charge < -0.3 is 15.8 Å². The lowest BCUT2D eigenvalue weighted by atomic mass is 10.4. The van der Waals surface area contributed by atoms with Crippen LogP contribution in [-0.2, 0) is 4.84 Å². The largest absolute Gasteiger partial charge is 0.410 e. The third-order valence-electron chi connectivity index (χ3n) is 0.638. The fourth-order valence-electron chi connectivity index (χ4n) is 0.272. The highest BCUT2D eigenvalue weighted by Gasteiger charge is 2.02. The van der Waals surface area contributed by atoms with E-state index in [1.165, 1.54) is 13.2 Å². The van der Waals surface area contributed by atoms with Crippen molar-refractivity contribution < 1.29 is 10.0 Å². The van der Waals surface area contributed by atoms with E-state index in [9.17, 15) is 0 Å². The van der Waals surface area contributed by atoms with Gasteiger partial charge in [-0.1, -0.05) is 10.3 Å². The van der Waals surface area contributed by atoms with Crippen LogP contribution in [0.15, 0.2) is 10.3 Å². The topological polar surface area (TPSA) is 104 Å². The van der Waals surface area contributed by atoms with Gasteiger partial charge in [0.05, 0.1) is 0 Å². The van der Waals surface area contributed by atoms with Crippen LogP contribution < -0.4 is 5.73 Å². The highest BCUT2D eigenvalue weighted by atomic mass is 16.6. The van der Waals surface area contributed by atoms with Gasteiger partial charge in [-0.25, -0.2) is 0 Å². The smallest absolute Gasteiger partial charge is 0.224 e. The molecule has 0 aliphatic rings. The Bertz CT molecular complexity index is 202. The van der Waals surface area contributed by atoms with E-state index >= 15 is 0 Å². The summed E-state index contributed by atoms with van der Waals surface area (Å²) in [6, 6.07) is 1.50. The lowest BCUT2D eigenvalue weighted by Crippen LogP contribution is -2.22. The van der Waals surface area contributed by atoms with Crippen LogP contribution in [-0.4, -0.2) is 23.9 Å². The van der Waals surface area contributed by atoms with E-state index in [1.807, 2.05) is 0 Å². The summed E-state index contributed by atoms with van der Waals surface area (Å²) in [6.07, 6.45) is 0. The second-order valence-corrected chi connectivity index (χ2v) is 1.22. The molecule has 0 aliphatic carbocycles. The van der Waals surface area contributed by atoms with Crippen molar-refractivity contribution in [2.75, 3.05) is 7.11 Å². The van der Waals surface area contributed by atoms with Crippen molar-refractivity contribution in [3.63, 3.8) is 0 Å². The normalized spacial score (nSPS) is 12.4. The maximum absolute atomic E-state index is 8.17. The minimum Gasteiger partial charge on any atom is -0.410 e. The number of amidine groups is 1. The Kier molecular flexibility index (Phi) is 3.41. The van der Waals surface area contributed by atoms with Gasteiger partial charge in [0.1, 0.15) is 13.2 Å². The Morgan fingerprint density at radius 3 is 2.70 bits per heavy atom. The van der Waals surface area contributed by atoms with Crippen LogP contribution in [0.1, 0.15) is 0 Å². The van der Waals surface area contributed by atoms with Gasteiger partial charge in [-0.05, 0) is 0 Å². The summed E-state index contributed by atoms with van der Waals surface area (Å²) in [5.74, 6) is -0.257. The first-order valence-electron chi connectivity index (χ1n) is 2.25. The average Bonchev–Trinajstić information content (AvgIpc) is 1.91. The molecule has 6 nitrogen and oxygen atoms in total. The van der Waals surface area contributed by atoms with Crippen LogP contribution in [0.2, 0.25) is 0 Å². The quantitative estimate of drug-likeness (QED) is 0.229. The molecule has 3 N–H and O–H groups in total. The second-order valence-electron chi connectivity index (χ2n) is 1.22. The minimum atomic E-state index is -0.373. The van der Waals surface area contributed by atoms with Crippen LogP contribution in [0, 0.1) is 11.3 Å². The van der Waals surface area contributed by atoms with Crippen LogP contribution >= 0.6 is 0 Å². The van der Waals surface area contributed by atoms with Crippen LogP contribution in [0.5, 0.6) is 0 Å². The Balaban J connectivity index is 4.35. The average molecular weight is 142 g/mol. The zero-order valence-corrected chi connectivity index (χ0v) is 5.27. The number of oxime groups is 2. The highest BCUT2D eigenvalue weighted by molar-refractivity contribution is 6.46. The summed E-state index contributed by atoms with van der Waals surface area (Å²) in [6.45, 7) is 0. The van der Waals surface area contributed by atoms with Crippen molar-refractivity contribution in [2.45, 2.75) is 0 Å². The minimum absolute atomic E-state index is 0.257. The Morgan fingerprint density at radius 1 is 1.80 bits per heavy atom. The summed E-state index contributed by atoms with van der Waals surface area (Å²) in [5.41, 5.74) is 4.69. The number of hydrogen-bond acceptors (Lipinski definition) is 5. The van der Waals surface area contributed by atoms with Gasteiger partial charge in [0.2, 0.25) is 11.5 Å².